The lowest BCUT2D eigenvalue weighted by atomic mass is 9.99. The van der Waals surface area contributed by atoms with Gasteiger partial charge in [0.1, 0.15) is 38.0 Å². The minimum Gasteiger partial charge on any atom is -0.447 e. The summed E-state index contributed by atoms with van der Waals surface area (Å²) in [5, 5.41) is 5.71. The second kappa shape index (κ2) is 21.4. The largest absolute Gasteiger partial charge is 0.447 e. The number of hydrogen-bond donors (Lipinski definition) is 2. The number of amides is 2. The van der Waals surface area contributed by atoms with Crippen LogP contribution >= 0.6 is 0 Å². The van der Waals surface area contributed by atoms with Gasteiger partial charge >= 0.3 is 12.2 Å². The van der Waals surface area contributed by atoms with Gasteiger partial charge in [0.25, 0.3) is 0 Å². The van der Waals surface area contributed by atoms with Crippen LogP contribution in [0.25, 0.3) is 0 Å². The predicted octanol–water partition coefficient (Wildman–Crippen LogP) is 8.67. The maximum atomic E-state index is 12.4. The minimum atomic E-state index is -0.621. The molecule has 1 aromatic rings. The highest BCUT2D eigenvalue weighted by molar-refractivity contribution is 5.67. The zero-order chi connectivity index (χ0) is 33.0. The third-order valence-corrected chi connectivity index (χ3v) is 9.20. The number of aryl methyl sites for hydroxylation is 2. The number of unbranched alkanes of at least 4 members (excludes halogenated alkanes) is 15. The molecule has 2 atom stereocenters. The first-order chi connectivity index (χ1) is 21.6. The number of rotatable bonds is 23. The smallest absolute Gasteiger partial charge is 0.407 e. The molecule has 1 aliphatic rings. The van der Waals surface area contributed by atoms with Gasteiger partial charge in [0.2, 0.25) is 5.69 Å². The van der Waals surface area contributed by atoms with Gasteiger partial charge in [0, 0.05) is 25.6 Å². The number of aromatic nitrogens is 1. The van der Waals surface area contributed by atoms with Gasteiger partial charge in [-0.1, -0.05) is 103 Å². The average Bonchev–Trinajstić information content (AvgIpc) is 3.32. The summed E-state index contributed by atoms with van der Waals surface area (Å²) in [6.07, 6.45) is 21.9. The van der Waals surface area contributed by atoms with Crippen molar-refractivity contribution in [1.82, 2.24) is 10.6 Å². The van der Waals surface area contributed by atoms with Gasteiger partial charge < -0.3 is 24.8 Å². The summed E-state index contributed by atoms with van der Waals surface area (Å²) in [5.41, 5.74) is 2.06. The van der Waals surface area contributed by atoms with E-state index in [0.29, 0.717) is 19.5 Å². The first-order valence-electron chi connectivity index (χ1n) is 18.0. The summed E-state index contributed by atoms with van der Waals surface area (Å²) in [6.45, 7) is 11.6. The molecule has 0 spiro atoms. The van der Waals surface area contributed by atoms with Gasteiger partial charge in [-0.25, -0.2) is 14.2 Å². The highest BCUT2D eigenvalue weighted by Gasteiger charge is 2.45. The van der Waals surface area contributed by atoms with E-state index in [1.54, 1.807) is 0 Å². The van der Waals surface area contributed by atoms with Gasteiger partial charge in [-0.15, -0.1) is 0 Å². The van der Waals surface area contributed by atoms with E-state index in [0.717, 1.165) is 36.2 Å². The molecule has 0 aromatic carbocycles. The van der Waals surface area contributed by atoms with E-state index in [1.807, 2.05) is 34.7 Å². The van der Waals surface area contributed by atoms with E-state index in [9.17, 15) is 9.59 Å². The Hall–Kier alpha value is -2.35. The fourth-order valence-electron chi connectivity index (χ4n) is 6.22. The van der Waals surface area contributed by atoms with Crippen molar-refractivity contribution in [1.29, 1.82) is 0 Å². The van der Waals surface area contributed by atoms with E-state index in [1.165, 1.54) is 89.9 Å². The van der Waals surface area contributed by atoms with Crippen LogP contribution in [0.3, 0.4) is 0 Å². The Kier molecular flexibility index (Phi) is 18.5. The van der Waals surface area contributed by atoms with Gasteiger partial charge in [0.05, 0.1) is 0 Å². The zero-order valence-electron chi connectivity index (χ0n) is 29.7. The number of nitrogens with zero attached hydrogens (tertiary/aromatic N) is 1. The molecular weight excluding hydrogens is 566 g/mol. The second-order valence-corrected chi connectivity index (χ2v) is 14.0. The van der Waals surface area contributed by atoms with Gasteiger partial charge in [-0.2, -0.15) is 0 Å². The zero-order valence-corrected chi connectivity index (χ0v) is 29.7. The maximum absolute atomic E-state index is 12.4. The Morgan fingerprint density at radius 2 is 1.18 bits per heavy atom. The number of nitrogens with one attached hydrogen (secondary N) is 2. The Morgan fingerprint density at radius 3 is 1.67 bits per heavy atom. The van der Waals surface area contributed by atoms with Crippen LogP contribution in [0.1, 0.15) is 153 Å². The number of ether oxygens (including phenoxy) is 3. The molecule has 2 rings (SSSR count). The van der Waals surface area contributed by atoms with E-state index in [2.05, 4.69) is 34.3 Å². The number of alkyl carbamates (subject to hydrolysis) is 2. The summed E-state index contributed by atoms with van der Waals surface area (Å²) in [5.74, 6) is 0. The molecule has 1 aromatic heterocycles. The topological polar surface area (TPSA) is 89.8 Å². The normalized spacial score (nSPS) is 19.4. The van der Waals surface area contributed by atoms with Crippen molar-refractivity contribution in [3.8, 4) is 0 Å². The van der Waals surface area contributed by atoms with Crippen molar-refractivity contribution in [3.05, 3.63) is 29.1 Å². The quantitative estimate of drug-likeness (QED) is 0.0931. The maximum Gasteiger partial charge on any atom is 0.407 e. The molecule has 1 aliphatic heterocycles. The van der Waals surface area contributed by atoms with E-state index in [-0.39, 0.29) is 13.2 Å². The highest BCUT2D eigenvalue weighted by Crippen LogP contribution is 2.38. The first-order valence-corrected chi connectivity index (χ1v) is 18.0. The fourth-order valence-corrected chi connectivity index (χ4v) is 6.22. The Morgan fingerprint density at radius 1 is 0.733 bits per heavy atom. The second-order valence-electron chi connectivity index (χ2n) is 14.0. The van der Waals surface area contributed by atoms with Crippen LogP contribution in [-0.2, 0) is 27.8 Å². The molecule has 8 heteroatoms. The van der Waals surface area contributed by atoms with Crippen molar-refractivity contribution in [3.63, 3.8) is 0 Å². The SMILES string of the molecule is CCCCCCCCCCCCCCCCCCNC(=O)OCC1(C)CCC(C)(COC(=O)NCc2cc(C)cc(C)[n+]2C)O1. The van der Waals surface area contributed by atoms with Crippen LogP contribution < -0.4 is 15.2 Å². The molecule has 2 amide bonds. The molecule has 8 nitrogen and oxygen atoms in total. The van der Waals surface area contributed by atoms with Gasteiger partial charge in [0.15, 0.2) is 5.69 Å². The first kappa shape index (κ1) is 38.8. The van der Waals surface area contributed by atoms with Crippen molar-refractivity contribution >= 4 is 12.2 Å². The number of hydrogen-bond acceptors (Lipinski definition) is 5. The Balaban J connectivity index is 1.46. The number of pyridine rings is 1. The third-order valence-electron chi connectivity index (χ3n) is 9.20. The van der Waals surface area contributed by atoms with E-state index >= 15 is 0 Å². The standard InChI is InChI=1S/C37H65N3O5/c1-7-8-9-10-11-12-13-14-15-16-17-18-19-20-21-22-25-38-34(41)43-29-36(4)23-24-37(5,45-36)30-44-35(42)39-28-33-27-31(2)26-32(3)40(33)6/h26-27H,7-25,28-30H2,1-6H3,(H-,38,39,41,42)/p+1. The fraction of sp³-hybridized carbons (Fsp3) is 0.811. The molecule has 2 heterocycles. The van der Waals surface area contributed by atoms with Crippen molar-refractivity contribution in [2.75, 3.05) is 19.8 Å². The number of carbonyl (C=O) groups excluding carboxylic acids is 2. The summed E-state index contributed by atoms with van der Waals surface area (Å²) >= 11 is 0. The molecule has 1 saturated heterocycles. The monoisotopic (exact) mass is 632 g/mol. The van der Waals surface area contributed by atoms with Crippen LogP contribution in [0.4, 0.5) is 9.59 Å². The van der Waals surface area contributed by atoms with Crippen LogP contribution in [-0.4, -0.2) is 43.1 Å². The molecular formula is C37H66N3O5+. The van der Waals surface area contributed by atoms with Crippen LogP contribution in [0.2, 0.25) is 0 Å². The van der Waals surface area contributed by atoms with Crippen LogP contribution in [0.15, 0.2) is 12.1 Å². The van der Waals surface area contributed by atoms with Crippen LogP contribution in [0, 0.1) is 13.8 Å². The molecule has 0 bridgehead atoms. The average molecular weight is 633 g/mol. The lowest BCUT2D eigenvalue weighted by molar-refractivity contribution is -0.685. The van der Waals surface area contributed by atoms with E-state index in [4.69, 9.17) is 14.2 Å². The molecule has 2 unspecified atom stereocenters. The minimum absolute atomic E-state index is 0.138. The summed E-state index contributed by atoms with van der Waals surface area (Å²) in [6, 6.07) is 4.16. The molecule has 258 valence electrons. The highest BCUT2D eigenvalue weighted by atomic mass is 16.6. The predicted molar refractivity (Wildman–Crippen MR) is 181 cm³/mol. The van der Waals surface area contributed by atoms with Crippen molar-refractivity contribution < 1.29 is 28.4 Å². The molecule has 0 radical (unpaired) electrons. The van der Waals surface area contributed by atoms with E-state index < -0.39 is 23.4 Å². The molecule has 0 aliphatic carbocycles. The van der Waals surface area contributed by atoms with Gasteiger partial charge in [-0.05, 0) is 45.6 Å². The molecule has 0 saturated carbocycles. The van der Waals surface area contributed by atoms with Gasteiger partial charge in [-0.3, -0.25) is 0 Å². The third kappa shape index (κ3) is 16.7. The van der Waals surface area contributed by atoms with Crippen LogP contribution in [0.5, 0.6) is 0 Å². The van der Waals surface area contributed by atoms with Crippen molar-refractivity contribution in [2.24, 2.45) is 7.05 Å². The lowest BCUT2D eigenvalue weighted by Crippen LogP contribution is -2.42. The molecule has 45 heavy (non-hydrogen) atoms. The Bertz CT molecular complexity index is 1000. The molecule has 2 N–H and O–H groups in total. The Labute approximate surface area is 274 Å². The molecule has 1 fully saturated rings. The summed E-state index contributed by atoms with van der Waals surface area (Å²) in [4.78, 5) is 24.7. The number of carbonyl (C=O) groups is 2. The van der Waals surface area contributed by atoms with Crippen molar-refractivity contribution in [2.45, 2.75) is 168 Å². The lowest BCUT2D eigenvalue weighted by Gasteiger charge is -2.29. The summed E-state index contributed by atoms with van der Waals surface area (Å²) < 4.78 is 19.3. The summed E-state index contributed by atoms with van der Waals surface area (Å²) in [7, 11) is 1.98.